The third-order valence-electron chi connectivity index (χ3n) is 2.71. The molecule has 1 aromatic carbocycles. The highest BCUT2D eigenvalue weighted by Gasteiger charge is 2.13. The van der Waals surface area contributed by atoms with E-state index in [2.05, 4.69) is 17.0 Å². The molecule has 0 saturated heterocycles. The molecule has 0 fully saturated rings. The van der Waals surface area contributed by atoms with Gasteiger partial charge in [0.25, 0.3) is 0 Å². The molecule has 0 spiro atoms. The summed E-state index contributed by atoms with van der Waals surface area (Å²) in [6.45, 7) is 4.11. The molecular formula is C12H13ClFN3. The van der Waals surface area contributed by atoms with E-state index in [1.165, 1.54) is 16.8 Å². The summed E-state index contributed by atoms with van der Waals surface area (Å²) in [5.74, 6) is 0.683. The molecule has 0 aliphatic rings. The highest BCUT2D eigenvalue weighted by atomic mass is 35.5. The zero-order valence-electron chi connectivity index (χ0n) is 9.69. The number of hydrogen-bond donors (Lipinski definition) is 0. The molecule has 1 aromatic heterocycles. The van der Waals surface area contributed by atoms with Gasteiger partial charge in [-0.1, -0.05) is 13.8 Å². The zero-order valence-corrected chi connectivity index (χ0v) is 10.4. The average molecular weight is 254 g/mol. The molecule has 0 unspecified atom stereocenters. The highest BCUT2D eigenvalue weighted by Crippen LogP contribution is 2.20. The molecule has 0 aliphatic heterocycles. The lowest BCUT2D eigenvalue weighted by atomic mass is 10.1. The second kappa shape index (κ2) is 4.84. The minimum atomic E-state index is -0.285. The van der Waals surface area contributed by atoms with Crippen molar-refractivity contribution in [2.45, 2.75) is 26.2 Å². The first-order chi connectivity index (χ1) is 8.11. The lowest BCUT2D eigenvalue weighted by Gasteiger charge is -2.02. The first kappa shape index (κ1) is 12.0. The Balaban J connectivity index is 2.39. The molecule has 90 valence electrons. The Morgan fingerprint density at radius 2 is 2.00 bits per heavy atom. The van der Waals surface area contributed by atoms with Crippen LogP contribution in [0.3, 0.4) is 0 Å². The van der Waals surface area contributed by atoms with E-state index in [1.54, 1.807) is 12.1 Å². The largest absolute Gasteiger partial charge is 0.225 e. The summed E-state index contributed by atoms with van der Waals surface area (Å²) in [4.78, 5) is 4.20. The molecule has 2 rings (SSSR count). The molecule has 0 N–H and O–H groups in total. The lowest BCUT2D eigenvalue weighted by Crippen LogP contribution is -1.99. The van der Waals surface area contributed by atoms with Gasteiger partial charge in [-0.15, -0.1) is 5.10 Å². The van der Waals surface area contributed by atoms with Gasteiger partial charge in [-0.2, -0.15) is 0 Å². The van der Waals surface area contributed by atoms with E-state index in [1.807, 2.05) is 6.92 Å². The fraction of sp³-hybridized carbons (Fsp3) is 0.333. The Morgan fingerprint density at radius 3 is 2.59 bits per heavy atom. The smallest absolute Gasteiger partial charge is 0.207 e. The van der Waals surface area contributed by atoms with Crippen LogP contribution in [-0.4, -0.2) is 14.8 Å². The van der Waals surface area contributed by atoms with Crippen LogP contribution in [0.2, 0.25) is 5.28 Å². The molecule has 0 amide bonds. The Kier molecular flexibility index (Phi) is 3.43. The van der Waals surface area contributed by atoms with Crippen molar-refractivity contribution in [3.8, 4) is 5.69 Å². The standard InChI is InChI=1S/C12H13ClFN3/c1-3-8(2)11-15-12(13)17(16-11)10-6-4-9(14)5-7-10/h4-8H,3H2,1-2H3/t8-/m1/s1. The normalized spacial score (nSPS) is 12.7. The van der Waals surface area contributed by atoms with E-state index in [0.717, 1.165) is 6.42 Å². The van der Waals surface area contributed by atoms with E-state index >= 15 is 0 Å². The van der Waals surface area contributed by atoms with E-state index < -0.39 is 0 Å². The molecule has 5 heteroatoms. The van der Waals surface area contributed by atoms with Crippen molar-refractivity contribution in [2.24, 2.45) is 0 Å². The van der Waals surface area contributed by atoms with Crippen molar-refractivity contribution in [2.75, 3.05) is 0 Å². The van der Waals surface area contributed by atoms with Crippen LogP contribution in [-0.2, 0) is 0 Å². The Labute approximate surface area is 104 Å². The number of hydrogen-bond acceptors (Lipinski definition) is 2. The summed E-state index contributed by atoms with van der Waals surface area (Å²) in [6, 6.07) is 5.99. The molecule has 0 radical (unpaired) electrons. The van der Waals surface area contributed by atoms with E-state index in [-0.39, 0.29) is 11.7 Å². The number of nitrogens with zero attached hydrogens (tertiary/aromatic N) is 3. The van der Waals surface area contributed by atoms with E-state index in [9.17, 15) is 4.39 Å². The van der Waals surface area contributed by atoms with Gasteiger partial charge in [0.05, 0.1) is 5.69 Å². The van der Waals surface area contributed by atoms with Crippen molar-refractivity contribution >= 4 is 11.6 Å². The van der Waals surface area contributed by atoms with Gasteiger partial charge in [0.2, 0.25) is 5.28 Å². The Hall–Kier alpha value is -1.42. The van der Waals surface area contributed by atoms with Crippen LogP contribution < -0.4 is 0 Å². The maximum Gasteiger partial charge on any atom is 0.225 e. The van der Waals surface area contributed by atoms with E-state index in [4.69, 9.17) is 11.6 Å². The molecule has 1 atom stereocenters. The summed E-state index contributed by atoms with van der Waals surface area (Å²) in [5, 5.41) is 4.63. The molecule has 3 nitrogen and oxygen atoms in total. The first-order valence-corrected chi connectivity index (χ1v) is 5.88. The minimum Gasteiger partial charge on any atom is -0.207 e. The van der Waals surface area contributed by atoms with Crippen LogP contribution in [0.15, 0.2) is 24.3 Å². The zero-order chi connectivity index (χ0) is 12.4. The second-order valence-corrected chi connectivity index (χ2v) is 4.27. The quantitative estimate of drug-likeness (QED) is 0.837. The maximum atomic E-state index is 12.8. The Morgan fingerprint density at radius 1 is 1.35 bits per heavy atom. The highest BCUT2D eigenvalue weighted by molar-refractivity contribution is 6.28. The van der Waals surface area contributed by atoms with Crippen LogP contribution in [0.5, 0.6) is 0 Å². The summed E-state index contributed by atoms with van der Waals surface area (Å²) >= 11 is 6.02. The monoisotopic (exact) mass is 253 g/mol. The summed E-state index contributed by atoms with van der Waals surface area (Å²) in [5.41, 5.74) is 0.707. The SMILES string of the molecule is CC[C@@H](C)c1nc(Cl)n(-c2ccc(F)cc2)n1. The molecule has 0 bridgehead atoms. The van der Waals surface area contributed by atoms with Crippen molar-refractivity contribution < 1.29 is 4.39 Å². The van der Waals surface area contributed by atoms with Crippen LogP contribution in [0.1, 0.15) is 32.0 Å². The van der Waals surface area contributed by atoms with Crippen LogP contribution in [0, 0.1) is 5.82 Å². The predicted molar refractivity (Wildman–Crippen MR) is 65.0 cm³/mol. The Bertz CT molecular complexity index is 507. The number of halogens is 2. The van der Waals surface area contributed by atoms with Gasteiger partial charge < -0.3 is 0 Å². The van der Waals surface area contributed by atoms with Crippen molar-refractivity contribution in [3.05, 3.63) is 41.2 Å². The van der Waals surface area contributed by atoms with Gasteiger partial charge in [-0.05, 0) is 42.3 Å². The van der Waals surface area contributed by atoms with Gasteiger partial charge in [-0.3, -0.25) is 0 Å². The van der Waals surface area contributed by atoms with Crippen molar-refractivity contribution in [1.82, 2.24) is 14.8 Å². The van der Waals surface area contributed by atoms with Gasteiger partial charge >= 0.3 is 0 Å². The van der Waals surface area contributed by atoms with Crippen molar-refractivity contribution in [1.29, 1.82) is 0 Å². The fourth-order valence-electron chi connectivity index (χ4n) is 1.45. The van der Waals surface area contributed by atoms with E-state index in [0.29, 0.717) is 16.8 Å². The van der Waals surface area contributed by atoms with Crippen molar-refractivity contribution in [3.63, 3.8) is 0 Å². The van der Waals surface area contributed by atoms with Gasteiger partial charge in [0.15, 0.2) is 5.82 Å². The molecule has 0 saturated carbocycles. The third-order valence-corrected chi connectivity index (χ3v) is 2.95. The topological polar surface area (TPSA) is 30.7 Å². The molecule has 0 aliphatic carbocycles. The fourth-order valence-corrected chi connectivity index (χ4v) is 1.67. The lowest BCUT2D eigenvalue weighted by molar-refractivity contribution is 0.626. The summed E-state index contributed by atoms with van der Waals surface area (Å²) < 4.78 is 14.3. The van der Waals surface area contributed by atoms with Crippen LogP contribution >= 0.6 is 11.6 Å². The minimum absolute atomic E-state index is 0.259. The maximum absolute atomic E-state index is 12.8. The summed E-state index contributed by atoms with van der Waals surface area (Å²) in [6.07, 6.45) is 0.948. The number of benzene rings is 1. The molecule has 1 heterocycles. The van der Waals surface area contributed by atoms with Crippen LogP contribution in [0.25, 0.3) is 5.69 Å². The number of rotatable bonds is 3. The molecular weight excluding hydrogens is 241 g/mol. The second-order valence-electron chi connectivity index (χ2n) is 3.94. The van der Waals surface area contributed by atoms with Gasteiger partial charge in [0, 0.05) is 5.92 Å². The number of aromatic nitrogens is 3. The predicted octanol–water partition coefficient (Wildman–Crippen LogP) is 3.57. The third kappa shape index (κ3) is 2.47. The van der Waals surface area contributed by atoms with Crippen LogP contribution in [0.4, 0.5) is 4.39 Å². The molecule has 2 aromatic rings. The average Bonchev–Trinajstić information content (AvgIpc) is 2.71. The first-order valence-electron chi connectivity index (χ1n) is 5.50. The summed E-state index contributed by atoms with van der Waals surface area (Å²) in [7, 11) is 0. The van der Waals surface area contributed by atoms with Gasteiger partial charge in [0.1, 0.15) is 5.82 Å². The van der Waals surface area contributed by atoms with Gasteiger partial charge in [-0.25, -0.2) is 14.1 Å². The molecule has 17 heavy (non-hydrogen) atoms.